The van der Waals surface area contributed by atoms with Crippen molar-refractivity contribution in [1.29, 1.82) is 0 Å². The number of aliphatic carboxylic acids is 1. The Morgan fingerprint density at radius 3 is 2.54 bits per heavy atom. The van der Waals surface area contributed by atoms with Gasteiger partial charge in [-0.15, -0.1) is 0 Å². The number of amidine groups is 1. The smallest absolute Gasteiger partial charge is 0.341 e. The maximum absolute atomic E-state index is 11.8. The third kappa shape index (κ3) is 4.73. The molecule has 0 aliphatic carbocycles. The number of hydrogen-bond acceptors (Lipinski definition) is 5. The zero-order valence-corrected chi connectivity index (χ0v) is 14.5. The number of nitrogens with one attached hydrogen (secondary N) is 1. The Labute approximate surface area is 150 Å². The van der Waals surface area contributed by atoms with Crippen LogP contribution in [0, 0.1) is 0 Å². The summed E-state index contributed by atoms with van der Waals surface area (Å²) in [7, 11) is 0. The van der Waals surface area contributed by atoms with Gasteiger partial charge >= 0.3 is 5.97 Å². The second-order valence-corrected chi connectivity index (χ2v) is 6.36. The van der Waals surface area contributed by atoms with E-state index in [1.165, 1.54) is 25.1 Å². The molecule has 1 aromatic rings. The standard InChI is InChI=1S/C14H10Cl2N2O5S/c1-6(19)17-14-18-13(22)10(24-14)4-7-2-8(15)12(9(16)3-7)23-5-11(20)21/h2-4H,5H2,1H3,(H,20,21)(H,17,18,19,22)/b10-4+. The topological polar surface area (TPSA) is 105 Å². The lowest BCUT2D eigenvalue weighted by Gasteiger charge is -2.09. The molecule has 24 heavy (non-hydrogen) atoms. The molecule has 0 bridgehead atoms. The Kier molecular flexibility index (Phi) is 5.87. The second kappa shape index (κ2) is 7.69. The summed E-state index contributed by atoms with van der Waals surface area (Å²) in [6.45, 7) is 0.729. The average Bonchev–Trinajstić information content (AvgIpc) is 2.76. The van der Waals surface area contributed by atoms with Crippen molar-refractivity contribution < 1.29 is 24.2 Å². The van der Waals surface area contributed by atoms with Crippen molar-refractivity contribution in [3.8, 4) is 5.75 Å². The maximum atomic E-state index is 11.8. The van der Waals surface area contributed by atoms with Gasteiger partial charge in [-0.25, -0.2) is 4.79 Å². The van der Waals surface area contributed by atoms with Crippen LogP contribution in [0.2, 0.25) is 10.0 Å². The predicted octanol–water partition coefficient (Wildman–Crippen LogP) is 2.56. The van der Waals surface area contributed by atoms with Crippen LogP contribution in [0.25, 0.3) is 6.08 Å². The van der Waals surface area contributed by atoms with Gasteiger partial charge in [-0.2, -0.15) is 4.99 Å². The number of carboxylic acids is 1. The van der Waals surface area contributed by atoms with E-state index in [0.29, 0.717) is 5.56 Å². The first-order valence-corrected chi connectivity index (χ1v) is 7.97. The number of halogens is 2. The molecule has 0 radical (unpaired) electrons. The third-order valence-electron chi connectivity index (χ3n) is 2.56. The number of carbonyl (C=O) groups excluding carboxylic acids is 2. The fraction of sp³-hybridized carbons (Fsp3) is 0.143. The van der Waals surface area contributed by atoms with Crippen molar-refractivity contribution in [2.24, 2.45) is 4.99 Å². The van der Waals surface area contributed by atoms with Crippen molar-refractivity contribution in [2.45, 2.75) is 6.92 Å². The van der Waals surface area contributed by atoms with E-state index < -0.39 is 18.5 Å². The lowest BCUT2D eigenvalue weighted by atomic mass is 10.2. The van der Waals surface area contributed by atoms with Crippen LogP contribution in [0.5, 0.6) is 5.75 Å². The lowest BCUT2D eigenvalue weighted by Crippen LogP contribution is -2.23. The summed E-state index contributed by atoms with van der Waals surface area (Å²) in [5.41, 5.74) is 0.503. The summed E-state index contributed by atoms with van der Waals surface area (Å²) in [6, 6.07) is 2.95. The Balaban J connectivity index is 2.21. The molecule has 1 heterocycles. The molecule has 126 valence electrons. The zero-order valence-electron chi connectivity index (χ0n) is 12.1. The van der Waals surface area contributed by atoms with E-state index in [2.05, 4.69) is 10.3 Å². The fourth-order valence-corrected chi connectivity index (χ4v) is 3.17. The number of benzene rings is 1. The summed E-state index contributed by atoms with van der Waals surface area (Å²) in [6.07, 6.45) is 1.50. The average molecular weight is 389 g/mol. The molecule has 0 spiro atoms. The first-order chi connectivity index (χ1) is 11.3. The van der Waals surface area contributed by atoms with Gasteiger partial charge in [0.2, 0.25) is 5.91 Å². The number of carboxylic acid groups (broad SMARTS) is 1. The molecular weight excluding hydrogens is 379 g/mol. The van der Waals surface area contributed by atoms with E-state index in [4.69, 9.17) is 33.0 Å². The van der Waals surface area contributed by atoms with Gasteiger partial charge in [0.05, 0.1) is 15.0 Å². The van der Waals surface area contributed by atoms with Gasteiger partial charge in [0.1, 0.15) is 0 Å². The number of aliphatic imine (C=N–C) groups is 1. The zero-order chi connectivity index (χ0) is 17.9. The number of thioether (sulfide) groups is 1. The van der Waals surface area contributed by atoms with Crippen molar-refractivity contribution in [1.82, 2.24) is 5.32 Å². The van der Waals surface area contributed by atoms with Gasteiger partial charge in [-0.1, -0.05) is 23.2 Å². The quantitative estimate of drug-likeness (QED) is 0.767. The largest absolute Gasteiger partial charge is 0.479 e. The highest BCUT2D eigenvalue weighted by Gasteiger charge is 2.23. The molecule has 0 saturated carbocycles. The highest BCUT2D eigenvalue weighted by atomic mass is 35.5. The molecule has 10 heteroatoms. The minimum Gasteiger partial charge on any atom is -0.479 e. The molecule has 0 unspecified atom stereocenters. The van der Waals surface area contributed by atoms with Crippen molar-refractivity contribution in [3.63, 3.8) is 0 Å². The van der Waals surface area contributed by atoms with Crippen molar-refractivity contribution >= 4 is 64.0 Å². The van der Waals surface area contributed by atoms with Gasteiger partial charge < -0.3 is 15.2 Å². The van der Waals surface area contributed by atoms with E-state index >= 15 is 0 Å². The number of ether oxygens (including phenoxy) is 1. The summed E-state index contributed by atoms with van der Waals surface area (Å²) in [5, 5.41) is 11.4. The van der Waals surface area contributed by atoms with E-state index in [-0.39, 0.29) is 31.8 Å². The molecule has 2 rings (SSSR count). The summed E-state index contributed by atoms with van der Waals surface area (Å²) in [5.74, 6) is -1.95. The van der Waals surface area contributed by atoms with Crippen LogP contribution >= 0.6 is 35.0 Å². The first-order valence-electron chi connectivity index (χ1n) is 6.40. The van der Waals surface area contributed by atoms with Gasteiger partial charge in [0, 0.05) is 6.92 Å². The normalized spacial score (nSPS) is 15.4. The Bertz CT molecular complexity index is 768. The minimum absolute atomic E-state index is 0.0449. The van der Waals surface area contributed by atoms with Gasteiger partial charge in [-0.3, -0.25) is 9.59 Å². The minimum atomic E-state index is -1.16. The molecule has 2 N–H and O–H groups in total. The Morgan fingerprint density at radius 2 is 2.00 bits per heavy atom. The molecule has 0 aromatic heterocycles. The maximum Gasteiger partial charge on any atom is 0.341 e. The molecule has 7 nitrogen and oxygen atoms in total. The van der Waals surface area contributed by atoms with E-state index in [9.17, 15) is 14.4 Å². The number of rotatable bonds is 4. The van der Waals surface area contributed by atoms with Crippen molar-refractivity contribution in [2.75, 3.05) is 6.61 Å². The molecule has 1 aromatic carbocycles. The van der Waals surface area contributed by atoms with Crippen LogP contribution in [0.3, 0.4) is 0 Å². The molecule has 0 saturated heterocycles. The van der Waals surface area contributed by atoms with Crippen LogP contribution in [0.15, 0.2) is 22.0 Å². The van der Waals surface area contributed by atoms with Crippen LogP contribution in [0.4, 0.5) is 0 Å². The second-order valence-electron chi connectivity index (χ2n) is 4.51. The summed E-state index contributed by atoms with van der Waals surface area (Å²) in [4.78, 5) is 37.3. The van der Waals surface area contributed by atoms with Crippen LogP contribution in [0.1, 0.15) is 12.5 Å². The number of carbonyl (C=O) groups is 3. The van der Waals surface area contributed by atoms with Gasteiger partial charge in [0.25, 0.3) is 5.91 Å². The van der Waals surface area contributed by atoms with Crippen LogP contribution in [-0.4, -0.2) is 34.7 Å². The van der Waals surface area contributed by atoms with Crippen molar-refractivity contribution in [3.05, 3.63) is 32.6 Å². The van der Waals surface area contributed by atoms with Crippen LogP contribution in [-0.2, 0) is 14.4 Å². The SMILES string of the molecule is CC(=O)NC1=NC(=O)/C(=C\c2cc(Cl)c(OCC(=O)O)c(Cl)c2)S1. The van der Waals surface area contributed by atoms with Gasteiger partial charge in [0.15, 0.2) is 17.5 Å². The summed E-state index contributed by atoms with van der Waals surface area (Å²) >= 11 is 13.1. The molecule has 0 fully saturated rings. The summed E-state index contributed by atoms with van der Waals surface area (Å²) < 4.78 is 5.01. The molecule has 0 atom stereocenters. The lowest BCUT2D eigenvalue weighted by molar-refractivity contribution is -0.139. The third-order valence-corrected chi connectivity index (χ3v) is 4.02. The predicted molar refractivity (Wildman–Crippen MR) is 91.4 cm³/mol. The Morgan fingerprint density at radius 1 is 1.38 bits per heavy atom. The molecule has 1 aliphatic heterocycles. The van der Waals surface area contributed by atoms with E-state index in [1.807, 2.05) is 0 Å². The molecule has 2 amide bonds. The Hall–Kier alpha value is -2.03. The van der Waals surface area contributed by atoms with E-state index in [0.717, 1.165) is 11.8 Å². The van der Waals surface area contributed by atoms with Gasteiger partial charge in [-0.05, 0) is 35.5 Å². The number of amides is 2. The first kappa shape index (κ1) is 18.3. The highest BCUT2D eigenvalue weighted by Crippen LogP contribution is 2.36. The van der Waals surface area contributed by atoms with Crippen LogP contribution < -0.4 is 10.1 Å². The number of hydrogen-bond donors (Lipinski definition) is 2. The van der Waals surface area contributed by atoms with E-state index in [1.54, 1.807) is 0 Å². The molecule has 1 aliphatic rings. The monoisotopic (exact) mass is 388 g/mol. The highest BCUT2D eigenvalue weighted by molar-refractivity contribution is 8.18. The fourth-order valence-electron chi connectivity index (χ4n) is 1.70. The number of nitrogens with zero attached hydrogens (tertiary/aromatic N) is 1. The molecular formula is C14H10Cl2N2O5S.